The summed E-state index contributed by atoms with van der Waals surface area (Å²) in [6, 6.07) is 19.7. The second-order valence-electron chi connectivity index (χ2n) is 8.72. The van der Waals surface area contributed by atoms with Gasteiger partial charge in [-0.3, -0.25) is 4.79 Å². The van der Waals surface area contributed by atoms with Gasteiger partial charge in [0.05, 0.1) is 9.79 Å². The lowest BCUT2D eigenvalue weighted by Crippen LogP contribution is -2.38. The quantitative estimate of drug-likeness (QED) is 0.556. The van der Waals surface area contributed by atoms with Crippen molar-refractivity contribution in [3.63, 3.8) is 0 Å². The second-order valence-corrected chi connectivity index (χ2v) is 12.4. The fourth-order valence-corrected chi connectivity index (χ4v) is 5.59. The van der Waals surface area contributed by atoms with Crippen molar-refractivity contribution in [3.8, 4) is 5.75 Å². The Hall–Kier alpha value is -3.17. The predicted octanol–water partition coefficient (Wildman–Crippen LogP) is 3.54. The molecule has 178 valence electrons. The number of hydrogen-bond acceptors (Lipinski definition) is 6. The minimum absolute atomic E-state index is 0.00766. The molecule has 1 atom stereocenters. The summed E-state index contributed by atoms with van der Waals surface area (Å²) in [5.74, 6) is -0.0898. The standard InChI is InChI=1S/C25H25NO6S2/c1-25(17-18-6-4-3-5-7-18)15-14-19-16-20(8-13-23(19)32-25)24(27)26-34(30,31)22-11-9-21(10-12-22)33(2,28)29/h3-13,16H,14-15,17H2,1-2H3,(H,26,27)/t25-/m1/s1. The van der Waals surface area contributed by atoms with Gasteiger partial charge in [-0.2, -0.15) is 0 Å². The summed E-state index contributed by atoms with van der Waals surface area (Å²) in [5, 5.41) is 0. The van der Waals surface area contributed by atoms with Crippen molar-refractivity contribution in [2.24, 2.45) is 0 Å². The van der Waals surface area contributed by atoms with Gasteiger partial charge in [0.15, 0.2) is 9.84 Å². The molecule has 0 radical (unpaired) electrons. The number of carbonyl (C=O) groups is 1. The van der Waals surface area contributed by atoms with Crippen LogP contribution in [0.5, 0.6) is 5.75 Å². The molecule has 1 N–H and O–H groups in total. The third kappa shape index (κ3) is 5.31. The number of ether oxygens (including phenoxy) is 1. The lowest BCUT2D eigenvalue weighted by atomic mass is 9.87. The maximum Gasteiger partial charge on any atom is 0.265 e. The molecular formula is C25H25NO6S2. The number of aryl methyl sites for hydroxylation is 1. The summed E-state index contributed by atoms with van der Waals surface area (Å²) < 4.78 is 56.7. The van der Waals surface area contributed by atoms with Gasteiger partial charge in [0.1, 0.15) is 11.4 Å². The van der Waals surface area contributed by atoms with Crippen LogP contribution >= 0.6 is 0 Å². The van der Waals surface area contributed by atoms with E-state index in [4.69, 9.17) is 4.74 Å². The van der Waals surface area contributed by atoms with Crippen molar-refractivity contribution in [3.05, 3.63) is 89.5 Å². The van der Waals surface area contributed by atoms with E-state index in [1.165, 1.54) is 23.8 Å². The van der Waals surface area contributed by atoms with Crippen LogP contribution in [0.2, 0.25) is 0 Å². The van der Waals surface area contributed by atoms with Gasteiger partial charge in [0, 0.05) is 18.2 Å². The number of hydrogen-bond donors (Lipinski definition) is 1. The monoisotopic (exact) mass is 499 g/mol. The fraction of sp³-hybridized carbons (Fsp3) is 0.240. The van der Waals surface area contributed by atoms with Gasteiger partial charge in [-0.25, -0.2) is 21.6 Å². The number of benzene rings is 3. The van der Waals surface area contributed by atoms with Crippen LogP contribution in [0.25, 0.3) is 0 Å². The lowest BCUT2D eigenvalue weighted by Gasteiger charge is -2.36. The molecule has 0 aromatic heterocycles. The largest absolute Gasteiger partial charge is 0.487 e. The Bertz CT molecular complexity index is 1430. The molecule has 0 aliphatic carbocycles. The molecule has 0 bridgehead atoms. The number of nitrogens with one attached hydrogen (secondary N) is 1. The number of rotatable bonds is 6. The van der Waals surface area contributed by atoms with Crippen LogP contribution in [0, 0.1) is 0 Å². The van der Waals surface area contributed by atoms with Crippen LogP contribution in [-0.2, 0) is 32.7 Å². The van der Waals surface area contributed by atoms with E-state index in [2.05, 4.69) is 19.1 Å². The molecule has 1 amide bonds. The smallest absolute Gasteiger partial charge is 0.265 e. The number of sulfonamides is 1. The Balaban J connectivity index is 1.48. The first-order valence-corrected chi connectivity index (χ1v) is 14.1. The SMILES string of the molecule is C[C@]1(Cc2ccccc2)CCc2cc(C(=O)NS(=O)(=O)c3ccc(S(C)(=O)=O)cc3)ccc2O1. The van der Waals surface area contributed by atoms with E-state index in [0.717, 1.165) is 36.8 Å². The van der Waals surface area contributed by atoms with E-state index < -0.39 is 25.8 Å². The molecule has 3 aromatic rings. The highest BCUT2D eigenvalue weighted by Gasteiger charge is 2.32. The molecule has 1 aliphatic rings. The normalized spacial score (nSPS) is 17.9. The molecular weight excluding hydrogens is 474 g/mol. The van der Waals surface area contributed by atoms with Crippen LogP contribution in [0.4, 0.5) is 0 Å². The second kappa shape index (κ2) is 8.88. The van der Waals surface area contributed by atoms with Crippen molar-refractivity contribution < 1.29 is 26.4 Å². The number of amides is 1. The van der Waals surface area contributed by atoms with Gasteiger partial charge >= 0.3 is 0 Å². The zero-order valence-corrected chi connectivity index (χ0v) is 20.4. The van der Waals surface area contributed by atoms with E-state index in [9.17, 15) is 21.6 Å². The molecule has 3 aromatic carbocycles. The highest BCUT2D eigenvalue weighted by atomic mass is 32.2. The molecule has 1 heterocycles. The Morgan fingerprint density at radius 1 is 0.941 bits per heavy atom. The summed E-state index contributed by atoms with van der Waals surface area (Å²) in [7, 11) is -7.63. The predicted molar refractivity (Wildman–Crippen MR) is 128 cm³/mol. The van der Waals surface area contributed by atoms with Gasteiger partial charge in [-0.05, 0) is 73.4 Å². The van der Waals surface area contributed by atoms with Crippen molar-refractivity contribution in [2.75, 3.05) is 6.26 Å². The van der Waals surface area contributed by atoms with E-state index in [1.54, 1.807) is 12.1 Å². The zero-order chi connectivity index (χ0) is 24.6. The Kier molecular flexibility index (Phi) is 6.26. The molecule has 0 fully saturated rings. The van der Waals surface area contributed by atoms with Gasteiger partial charge < -0.3 is 4.74 Å². The summed E-state index contributed by atoms with van der Waals surface area (Å²) in [6.45, 7) is 2.06. The van der Waals surface area contributed by atoms with Gasteiger partial charge in [-0.15, -0.1) is 0 Å². The average Bonchev–Trinajstić information content (AvgIpc) is 2.78. The molecule has 0 saturated heterocycles. The summed E-state index contributed by atoms with van der Waals surface area (Å²) in [6.07, 6.45) is 3.23. The molecule has 0 unspecified atom stereocenters. The summed E-state index contributed by atoms with van der Waals surface area (Å²) in [5.41, 5.74) is 1.84. The minimum Gasteiger partial charge on any atom is -0.487 e. The van der Waals surface area contributed by atoms with Crippen LogP contribution in [0.1, 0.15) is 34.8 Å². The van der Waals surface area contributed by atoms with Gasteiger partial charge in [-0.1, -0.05) is 30.3 Å². The Morgan fingerprint density at radius 3 is 2.24 bits per heavy atom. The molecule has 9 heteroatoms. The first-order chi connectivity index (χ1) is 16.0. The Labute approximate surface area is 199 Å². The first-order valence-electron chi connectivity index (χ1n) is 10.7. The van der Waals surface area contributed by atoms with Crippen molar-refractivity contribution in [1.29, 1.82) is 0 Å². The molecule has 1 aliphatic heterocycles. The maximum absolute atomic E-state index is 12.7. The average molecular weight is 500 g/mol. The van der Waals surface area contributed by atoms with Crippen LogP contribution in [0.15, 0.2) is 82.6 Å². The van der Waals surface area contributed by atoms with E-state index in [0.29, 0.717) is 12.2 Å². The number of fused-ring (bicyclic) bond motifs is 1. The molecule has 0 spiro atoms. The highest BCUT2D eigenvalue weighted by Crippen LogP contribution is 2.35. The fourth-order valence-electron chi connectivity index (χ4n) is 3.99. The molecule has 34 heavy (non-hydrogen) atoms. The van der Waals surface area contributed by atoms with Crippen molar-refractivity contribution >= 4 is 25.8 Å². The van der Waals surface area contributed by atoms with Crippen LogP contribution in [0.3, 0.4) is 0 Å². The molecule has 7 nitrogen and oxygen atoms in total. The number of carbonyl (C=O) groups excluding carboxylic acids is 1. The maximum atomic E-state index is 12.7. The number of sulfone groups is 1. The van der Waals surface area contributed by atoms with Crippen LogP contribution in [-0.4, -0.2) is 34.6 Å². The molecule has 0 saturated carbocycles. The summed E-state index contributed by atoms with van der Waals surface area (Å²) in [4.78, 5) is 12.5. The third-order valence-corrected chi connectivity index (χ3v) is 8.29. The third-order valence-electron chi connectivity index (χ3n) is 5.81. The van der Waals surface area contributed by atoms with E-state index >= 15 is 0 Å². The van der Waals surface area contributed by atoms with Gasteiger partial charge in [0.25, 0.3) is 15.9 Å². The van der Waals surface area contributed by atoms with Crippen molar-refractivity contribution in [1.82, 2.24) is 4.72 Å². The molecule has 4 rings (SSSR count). The van der Waals surface area contributed by atoms with Gasteiger partial charge in [0.2, 0.25) is 0 Å². The topological polar surface area (TPSA) is 107 Å². The van der Waals surface area contributed by atoms with Crippen molar-refractivity contribution in [2.45, 2.75) is 41.6 Å². The summed E-state index contributed by atoms with van der Waals surface area (Å²) >= 11 is 0. The lowest BCUT2D eigenvalue weighted by molar-refractivity contribution is 0.0654. The first kappa shape index (κ1) is 24.0. The zero-order valence-electron chi connectivity index (χ0n) is 18.8. The Morgan fingerprint density at radius 2 is 1.59 bits per heavy atom. The van der Waals surface area contributed by atoms with E-state index in [1.807, 2.05) is 22.9 Å². The minimum atomic E-state index is -4.17. The van der Waals surface area contributed by atoms with E-state index in [-0.39, 0.29) is 21.0 Å². The van der Waals surface area contributed by atoms with Crippen LogP contribution < -0.4 is 9.46 Å². The highest BCUT2D eigenvalue weighted by molar-refractivity contribution is 7.91.